The van der Waals surface area contributed by atoms with E-state index < -0.39 is 0 Å². The van der Waals surface area contributed by atoms with E-state index in [0.717, 1.165) is 5.56 Å². The van der Waals surface area contributed by atoms with Crippen LogP contribution >= 0.6 is 11.8 Å². The van der Waals surface area contributed by atoms with Gasteiger partial charge >= 0.3 is 0 Å². The average Bonchev–Trinajstić information content (AvgIpc) is 2.71. The summed E-state index contributed by atoms with van der Waals surface area (Å²) in [5, 5.41) is 0. The second-order valence-electron chi connectivity index (χ2n) is 2.57. The van der Waals surface area contributed by atoms with Crippen LogP contribution in [-0.2, 0) is 0 Å². The zero-order valence-electron chi connectivity index (χ0n) is 7.23. The molecule has 2 nitrogen and oxygen atoms in total. The van der Waals surface area contributed by atoms with Crippen LogP contribution in [0.3, 0.4) is 0 Å². The summed E-state index contributed by atoms with van der Waals surface area (Å²) in [6, 6.07) is 8.14. The van der Waals surface area contributed by atoms with Crippen molar-refractivity contribution in [2.45, 2.75) is 4.90 Å². The number of rotatable bonds is 2. The van der Waals surface area contributed by atoms with Crippen LogP contribution in [0.5, 0.6) is 0 Å². The molecular weight excluding hydrogens is 182 g/mol. The molecule has 1 aromatic heterocycles. The molecule has 3 heteroatoms. The highest BCUT2D eigenvalue weighted by atomic mass is 32.2. The van der Waals surface area contributed by atoms with Crippen molar-refractivity contribution in [1.29, 1.82) is 0 Å². The molecule has 0 radical (unpaired) electrons. The number of thioether (sulfide) groups is 1. The van der Waals surface area contributed by atoms with Crippen molar-refractivity contribution in [1.82, 2.24) is 4.98 Å². The van der Waals surface area contributed by atoms with E-state index in [2.05, 4.69) is 23.4 Å². The Kier molecular flexibility index (Phi) is 2.36. The van der Waals surface area contributed by atoms with Gasteiger partial charge in [-0.2, -0.15) is 0 Å². The molecule has 0 N–H and O–H groups in total. The Bertz CT molecular complexity index is 366. The number of hydrogen-bond acceptors (Lipinski definition) is 3. The van der Waals surface area contributed by atoms with Gasteiger partial charge in [-0.05, 0) is 30.5 Å². The summed E-state index contributed by atoms with van der Waals surface area (Å²) < 4.78 is 5.18. The number of nitrogens with zero attached hydrogens (tertiary/aromatic N) is 1. The van der Waals surface area contributed by atoms with Gasteiger partial charge in [-0.25, -0.2) is 4.98 Å². The van der Waals surface area contributed by atoms with E-state index in [0.29, 0.717) is 5.89 Å². The van der Waals surface area contributed by atoms with E-state index in [4.69, 9.17) is 4.42 Å². The minimum atomic E-state index is 0.674. The standard InChI is InChI=1S/C10H9NOS/c1-13-9-4-2-8(3-5-9)10-11-6-7-12-10/h2-7H,1H3. The maximum Gasteiger partial charge on any atom is 0.225 e. The zero-order valence-corrected chi connectivity index (χ0v) is 8.04. The van der Waals surface area contributed by atoms with Crippen LogP contribution in [0.2, 0.25) is 0 Å². The first-order chi connectivity index (χ1) is 6.40. The molecule has 0 atom stereocenters. The molecule has 0 saturated heterocycles. The molecule has 1 heterocycles. The summed E-state index contributed by atoms with van der Waals surface area (Å²) in [4.78, 5) is 5.31. The molecule has 1 aromatic carbocycles. The van der Waals surface area contributed by atoms with E-state index in [9.17, 15) is 0 Å². The van der Waals surface area contributed by atoms with Crippen molar-refractivity contribution in [2.24, 2.45) is 0 Å². The van der Waals surface area contributed by atoms with Gasteiger partial charge in [0, 0.05) is 10.5 Å². The second-order valence-corrected chi connectivity index (χ2v) is 3.45. The van der Waals surface area contributed by atoms with Gasteiger partial charge in [0.05, 0.1) is 6.20 Å². The SMILES string of the molecule is CSc1ccc(-c2ncco2)cc1. The lowest BCUT2D eigenvalue weighted by Gasteiger charge is -1.97. The monoisotopic (exact) mass is 191 g/mol. The molecule has 0 aliphatic heterocycles. The van der Waals surface area contributed by atoms with Gasteiger partial charge < -0.3 is 4.42 Å². The Morgan fingerprint density at radius 2 is 2.00 bits per heavy atom. The van der Waals surface area contributed by atoms with E-state index in [1.165, 1.54) is 4.90 Å². The summed E-state index contributed by atoms with van der Waals surface area (Å²) in [7, 11) is 0. The van der Waals surface area contributed by atoms with Crippen LogP contribution in [0, 0.1) is 0 Å². The number of benzene rings is 1. The first-order valence-corrected chi connectivity index (χ1v) is 5.16. The molecule has 0 unspecified atom stereocenters. The van der Waals surface area contributed by atoms with Gasteiger partial charge in [-0.1, -0.05) is 0 Å². The van der Waals surface area contributed by atoms with Crippen LogP contribution in [0.1, 0.15) is 0 Å². The van der Waals surface area contributed by atoms with Gasteiger partial charge in [0.1, 0.15) is 6.26 Å². The first-order valence-electron chi connectivity index (χ1n) is 3.94. The first kappa shape index (κ1) is 8.38. The van der Waals surface area contributed by atoms with Crippen LogP contribution in [0.4, 0.5) is 0 Å². The lowest BCUT2D eigenvalue weighted by molar-refractivity contribution is 0.574. The predicted octanol–water partition coefficient (Wildman–Crippen LogP) is 3.06. The Hall–Kier alpha value is -1.22. The van der Waals surface area contributed by atoms with E-state index >= 15 is 0 Å². The third kappa shape index (κ3) is 1.75. The van der Waals surface area contributed by atoms with Gasteiger partial charge in [0.25, 0.3) is 0 Å². The van der Waals surface area contributed by atoms with Gasteiger partial charge in [0.15, 0.2) is 0 Å². The van der Waals surface area contributed by atoms with Crippen LogP contribution in [-0.4, -0.2) is 11.2 Å². The Morgan fingerprint density at radius 1 is 1.23 bits per heavy atom. The van der Waals surface area contributed by atoms with E-state index in [1.807, 2.05) is 12.1 Å². The lowest BCUT2D eigenvalue weighted by atomic mass is 10.2. The fourth-order valence-corrected chi connectivity index (χ4v) is 1.51. The van der Waals surface area contributed by atoms with Crippen LogP contribution in [0.15, 0.2) is 46.0 Å². The molecule has 0 aliphatic rings. The summed E-state index contributed by atoms with van der Waals surface area (Å²) in [5.41, 5.74) is 1.02. The molecule has 0 bridgehead atoms. The third-order valence-corrected chi connectivity index (χ3v) is 2.51. The summed E-state index contributed by atoms with van der Waals surface area (Å²) >= 11 is 1.72. The minimum Gasteiger partial charge on any atom is -0.445 e. The Labute approximate surface area is 81.0 Å². The topological polar surface area (TPSA) is 26.0 Å². The fraction of sp³-hybridized carbons (Fsp3) is 0.100. The highest BCUT2D eigenvalue weighted by Crippen LogP contribution is 2.21. The quantitative estimate of drug-likeness (QED) is 0.682. The second kappa shape index (κ2) is 3.66. The normalized spacial score (nSPS) is 10.2. The molecule has 0 saturated carbocycles. The van der Waals surface area contributed by atoms with Crippen molar-refractivity contribution in [2.75, 3.05) is 6.26 Å². The van der Waals surface area contributed by atoms with Crippen LogP contribution in [0.25, 0.3) is 11.5 Å². The van der Waals surface area contributed by atoms with Crippen molar-refractivity contribution in [3.8, 4) is 11.5 Å². The van der Waals surface area contributed by atoms with Crippen molar-refractivity contribution in [3.05, 3.63) is 36.7 Å². The predicted molar refractivity (Wildman–Crippen MR) is 53.7 cm³/mol. The van der Waals surface area contributed by atoms with Crippen LogP contribution < -0.4 is 0 Å². The minimum absolute atomic E-state index is 0.674. The molecule has 13 heavy (non-hydrogen) atoms. The average molecular weight is 191 g/mol. The van der Waals surface area contributed by atoms with Crippen molar-refractivity contribution < 1.29 is 4.42 Å². The number of aromatic nitrogens is 1. The maximum atomic E-state index is 5.18. The van der Waals surface area contributed by atoms with E-state index in [1.54, 1.807) is 24.2 Å². The molecule has 0 fully saturated rings. The molecule has 0 spiro atoms. The molecule has 0 aliphatic carbocycles. The number of oxazole rings is 1. The molecule has 2 aromatic rings. The number of hydrogen-bond donors (Lipinski definition) is 0. The summed E-state index contributed by atoms with van der Waals surface area (Å²) in [6.45, 7) is 0. The maximum absolute atomic E-state index is 5.18. The molecule has 2 rings (SSSR count). The lowest BCUT2D eigenvalue weighted by Crippen LogP contribution is -1.76. The largest absolute Gasteiger partial charge is 0.445 e. The molecular formula is C10H9NOS. The highest BCUT2D eigenvalue weighted by molar-refractivity contribution is 7.98. The highest BCUT2D eigenvalue weighted by Gasteiger charge is 2.00. The Balaban J connectivity index is 2.33. The third-order valence-electron chi connectivity index (χ3n) is 1.77. The van der Waals surface area contributed by atoms with Crippen molar-refractivity contribution >= 4 is 11.8 Å². The summed E-state index contributed by atoms with van der Waals surface area (Å²) in [6.07, 6.45) is 5.29. The zero-order chi connectivity index (χ0) is 9.10. The van der Waals surface area contributed by atoms with Gasteiger partial charge in [-0.15, -0.1) is 11.8 Å². The van der Waals surface area contributed by atoms with E-state index in [-0.39, 0.29) is 0 Å². The molecule has 0 amide bonds. The van der Waals surface area contributed by atoms with Gasteiger partial charge in [0.2, 0.25) is 5.89 Å². The fourth-order valence-electron chi connectivity index (χ4n) is 1.10. The summed E-state index contributed by atoms with van der Waals surface area (Å²) in [5.74, 6) is 0.674. The van der Waals surface area contributed by atoms with Gasteiger partial charge in [-0.3, -0.25) is 0 Å². The Morgan fingerprint density at radius 3 is 2.54 bits per heavy atom. The molecule has 66 valence electrons. The smallest absolute Gasteiger partial charge is 0.225 e. The van der Waals surface area contributed by atoms with Crippen molar-refractivity contribution in [3.63, 3.8) is 0 Å².